The van der Waals surface area contributed by atoms with Crippen LogP contribution in [0.15, 0.2) is 0 Å². The predicted molar refractivity (Wildman–Crippen MR) is 70.2 cm³/mol. The summed E-state index contributed by atoms with van der Waals surface area (Å²) in [5.41, 5.74) is -0.338. The van der Waals surface area contributed by atoms with E-state index in [1.165, 1.54) is 0 Å². The number of rotatable bonds is 4. The Kier molecular flexibility index (Phi) is 4.77. The summed E-state index contributed by atoms with van der Waals surface area (Å²) in [4.78, 5) is 25.3. The zero-order valence-corrected chi connectivity index (χ0v) is 11.9. The van der Waals surface area contributed by atoms with Gasteiger partial charge in [0, 0.05) is 13.0 Å². The summed E-state index contributed by atoms with van der Waals surface area (Å²) < 4.78 is 0. The van der Waals surface area contributed by atoms with E-state index >= 15 is 0 Å². The SMILES string of the molecule is CCC(C)CC(=O)N1CCCC(C)(C)C1C(=O)O. The first-order valence-electron chi connectivity index (χ1n) is 6.82. The average Bonchev–Trinajstić information content (AvgIpc) is 2.26. The topological polar surface area (TPSA) is 57.6 Å². The summed E-state index contributed by atoms with van der Waals surface area (Å²) in [6.07, 6.45) is 3.15. The molecular weight excluding hydrogens is 230 g/mol. The second-order valence-electron chi connectivity index (χ2n) is 6.14. The van der Waals surface area contributed by atoms with Gasteiger partial charge in [-0.25, -0.2) is 4.79 Å². The zero-order valence-electron chi connectivity index (χ0n) is 11.9. The van der Waals surface area contributed by atoms with Crippen molar-refractivity contribution in [2.45, 2.75) is 59.4 Å². The Hall–Kier alpha value is -1.06. The van der Waals surface area contributed by atoms with Crippen LogP contribution in [0.1, 0.15) is 53.4 Å². The van der Waals surface area contributed by atoms with E-state index in [4.69, 9.17) is 0 Å². The number of nitrogens with zero attached hydrogens (tertiary/aromatic N) is 1. The largest absolute Gasteiger partial charge is 0.480 e. The number of aliphatic carboxylic acids is 1. The van der Waals surface area contributed by atoms with E-state index in [1.807, 2.05) is 27.7 Å². The summed E-state index contributed by atoms with van der Waals surface area (Å²) >= 11 is 0. The molecule has 1 aliphatic rings. The highest BCUT2D eigenvalue weighted by Gasteiger charge is 2.44. The molecule has 104 valence electrons. The van der Waals surface area contributed by atoms with Crippen LogP contribution in [0, 0.1) is 11.3 Å². The summed E-state index contributed by atoms with van der Waals surface area (Å²) in [5, 5.41) is 9.39. The number of carboxylic acid groups (broad SMARTS) is 1. The van der Waals surface area contributed by atoms with Crippen molar-refractivity contribution in [3.63, 3.8) is 0 Å². The van der Waals surface area contributed by atoms with Crippen LogP contribution >= 0.6 is 0 Å². The van der Waals surface area contributed by atoms with Crippen molar-refractivity contribution in [2.24, 2.45) is 11.3 Å². The first kappa shape index (κ1) is 15.0. The maximum Gasteiger partial charge on any atom is 0.326 e. The maximum absolute atomic E-state index is 12.2. The quantitative estimate of drug-likeness (QED) is 0.839. The molecule has 0 aliphatic carbocycles. The smallest absolute Gasteiger partial charge is 0.326 e. The van der Waals surface area contributed by atoms with Crippen molar-refractivity contribution < 1.29 is 14.7 Å². The van der Waals surface area contributed by atoms with Gasteiger partial charge in [-0.1, -0.05) is 34.1 Å². The molecule has 0 aromatic rings. The fraction of sp³-hybridized carbons (Fsp3) is 0.857. The molecule has 1 fully saturated rings. The molecule has 0 saturated carbocycles. The molecule has 2 unspecified atom stereocenters. The summed E-state index contributed by atoms with van der Waals surface area (Å²) in [5.74, 6) is -0.571. The minimum absolute atomic E-state index is 0.00970. The Balaban J connectivity index is 2.84. The molecule has 0 aromatic carbocycles. The molecule has 4 heteroatoms. The van der Waals surface area contributed by atoms with Crippen LogP contribution in [-0.2, 0) is 9.59 Å². The summed E-state index contributed by atoms with van der Waals surface area (Å²) in [6.45, 7) is 8.54. The summed E-state index contributed by atoms with van der Waals surface area (Å²) in [7, 11) is 0. The first-order chi connectivity index (χ1) is 8.29. The molecule has 1 aliphatic heterocycles. The van der Waals surface area contributed by atoms with Gasteiger partial charge in [0.05, 0.1) is 0 Å². The van der Waals surface area contributed by atoms with Gasteiger partial charge in [-0.05, 0) is 24.2 Å². The Morgan fingerprint density at radius 3 is 2.56 bits per heavy atom. The van der Waals surface area contributed by atoms with Crippen molar-refractivity contribution >= 4 is 11.9 Å². The number of carbonyl (C=O) groups is 2. The lowest BCUT2D eigenvalue weighted by molar-refractivity contribution is -0.159. The molecule has 0 spiro atoms. The van der Waals surface area contributed by atoms with Crippen LogP contribution in [-0.4, -0.2) is 34.5 Å². The predicted octanol–water partition coefficient (Wildman–Crippen LogP) is 2.52. The number of carboxylic acids is 1. The van der Waals surface area contributed by atoms with E-state index in [0.29, 0.717) is 18.9 Å². The minimum atomic E-state index is -0.878. The monoisotopic (exact) mass is 255 g/mol. The van der Waals surface area contributed by atoms with Crippen LogP contribution in [0.4, 0.5) is 0 Å². The van der Waals surface area contributed by atoms with E-state index in [0.717, 1.165) is 19.3 Å². The van der Waals surface area contributed by atoms with Crippen LogP contribution in [0.3, 0.4) is 0 Å². The molecule has 1 saturated heterocycles. The molecule has 4 nitrogen and oxygen atoms in total. The lowest BCUT2D eigenvalue weighted by Gasteiger charge is -2.44. The molecule has 1 N–H and O–H groups in total. The van der Waals surface area contributed by atoms with Crippen molar-refractivity contribution in [3.8, 4) is 0 Å². The fourth-order valence-electron chi connectivity index (χ4n) is 2.69. The van der Waals surface area contributed by atoms with Gasteiger partial charge in [0.15, 0.2) is 0 Å². The Morgan fingerprint density at radius 2 is 2.06 bits per heavy atom. The van der Waals surface area contributed by atoms with E-state index < -0.39 is 12.0 Å². The second-order valence-corrected chi connectivity index (χ2v) is 6.14. The van der Waals surface area contributed by atoms with Crippen LogP contribution in [0.25, 0.3) is 0 Å². The van der Waals surface area contributed by atoms with Gasteiger partial charge in [0.1, 0.15) is 6.04 Å². The maximum atomic E-state index is 12.2. The highest BCUT2D eigenvalue weighted by Crippen LogP contribution is 2.35. The van der Waals surface area contributed by atoms with E-state index in [1.54, 1.807) is 4.90 Å². The third kappa shape index (κ3) is 3.24. The van der Waals surface area contributed by atoms with Gasteiger partial charge in [0.2, 0.25) is 5.91 Å². The van der Waals surface area contributed by atoms with E-state index in [9.17, 15) is 14.7 Å². The standard InChI is InChI=1S/C14H25NO3/c1-5-10(2)9-11(16)15-8-6-7-14(3,4)12(15)13(17)18/h10,12H,5-9H2,1-4H3,(H,17,18). The van der Waals surface area contributed by atoms with Gasteiger partial charge < -0.3 is 10.0 Å². The van der Waals surface area contributed by atoms with Crippen molar-refractivity contribution in [2.75, 3.05) is 6.54 Å². The Morgan fingerprint density at radius 1 is 1.44 bits per heavy atom. The summed E-state index contributed by atoms with van der Waals surface area (Å²) in [6, 6.07) is -0.678. The van der Waals surface area contributed by atoms with Crippen molar-refractivity contribution in [1.82, 2.24) is 4.90 Å². The normalized spacial score (nSPS) is 24.7. The first-order valence-corrected chi connectivity index (χ1v) is 6.82. The number of likely N-dealkylation sites (tertiary alicyclic amines) is 1. The number of amides is 1. The Labute approximate surface area is 109 Å². The molecular formula is C14H25NO3. The van der Waals surface area contributed by atoms with Gasteiger partial charge in [-0.2, -0.15) is 0 Å². The van der Waals surface area contributed by atoms with Crippen LogP contribution < -0.4 is 0 Å². The lowest BCUT2D eigenvalue weighted by atomic mass is 9.76. The number of carbonyl (C=O) groups excluding carboxylic acids is 1. The zero-order chi connectivity index (χ0) is 13.9. The third-order valence-corrected chi connectivity index (χ3v) is 4.05. The van der Waals surface area contributed by atoms with Crippen LogP contribution in [0.2, 0.25) is 0 Å². The van der Waals surface area contributed by atoms with Crippen LogP contribution in [0.5, 0.6) is 0 Å². The number of hydrogen-bond acceptors (Lipinski definition) is 2. The molecule has 0 radical (unpaired) electrons. The van der Waals surface area contributed by atoms with Gasteiger partial charge in [-0.15, -0.1) is 0 Å². The van der Waals surface area contributed by atoms with Gasteiger partial charge >= 0.3 is 5.97 Å². The molecule has 0 bridgehead atoms. The molecule has 0 aromatic heterocycles. The van der Waals surface area contributed by atoms with E-state index in [2.05, 4.69) is 0 Å². The molecule has 1 heterocycles. The minimum Gasteiger partial charge on any atom is -0.480 e. The lowest BCUT2D eigenvalue weighted by Crippen LogP contribution is -2.56. The third-order valence-electron chi connectivity index (χ3n) is 4.05. The molecule has 1 rings (SSSR count). The van der Waals surface area contributed by atoms with Gasteiger partial charge in [0.25, 0.3) is 0 Å². The number of piperidine rings is 1. The van der Waals surface area contributed by atoms with Crippen molar-refractivity contribution in [3.05, 3.63) is 0 Å². The fourth-order valence-corrected chi connectivity index (χ4v) is 2.69. The van der Waals surface area contributed by atoms with E-state index in [-0.39, 0.29) is 11.3 Å². The van der Waals surface area contributed by atoms with Crippen molar-refractivity contribution in [1.29, 1.82) is 0 Å². The average molecular weight is 255 g/mol. The Bertz CT molecular complexity index is 325. The van der Waals surface area contributed by atoms with Gasteiger partial charge in [-0.3, -0.25) is 4.79 Å². The highest BCUT2D eigenvalue weighted by atomic mass is 16.4. The highest BCUT2D eigenvalue weighted by molar-refractivity contribution is 5.84. The molecule has 2 atom stereocenters. The molecule has 1 amide bonds. The second kappa shape index (κ2) is 5.72. The molecule has 18 heavy (non-hydrogen) atoms. The number of hydrogen-bond donors (Lipinski definition) is 1.